The molecule has 1 aliphatic heterocycles. The molecule has 26 heavy (non-hydrogen) atoms. The first-order chi connectivity index (χ1) is 12.2. The van der Waals surface area contributed by atoms with Gasteiger partial charge in [-0.3, -0.25) is 4.79 Å². The van der Waals surface area contributed by atoms with Gasteiger partial charge >= 0.3 is 6.09 Å². The number of likely N-dealkylation sites (N-methyl/N-ethyl adjacent to an activating group) is 1. The van der Waals surface area contributed by atoms with Crippen LogP contribution in [-0.2, 0) is 16.0 Å². The zero-order valence-corrected chi connectivity index (χ0v) is 15.8. The summed E-state index contributed by atoms with van der Waals surface area (Å²) in [6.45, 7) is 6.66. The molecule has 2 amide bonds. The predicted octanol–water partition coefficient (Wildman–Crippen LogP) is 3.44. The molecular weight excluding hydrogens is 332 g/mol. The van der Waals surface area contributed by atoms with Gasteiger partial charge in [0.2, 0.25) is 5.91 Å². The number of hydrogen-bond acceptors (Lipinski definition) is 4. The summed E-state index contributed by atoms with van der Waals surface area (Å²) in [5.41, 5.74) is 1.16. The molecule has 1 aromatic heterocycles. The van der Waals surface area contributed by atoms with E-state index in [0.29, 0.717) is 13.1 Å². The zero-order chi connectivity index (χ0) is 18.9. The summed E-state index contributed by atoms with van der Waals surface area (Å²) in [4.78, 5) is 28.3. The Morgan fingerprint density at radius 3 is 2.77 bits per heavy atom. The number of amides is 2. The van der Waals surface area contributed by atoms with E-state index in [2.05, 4.69) is 0 Å². The molecule has 3 rings (SSSR count). The van der Waals surface area contributed by atoms with Crippen molar-refractivity contribution in [1.82, 2.24) is 9.80 Å². The molecule has 140 valence electrons. The van der Waals surface area contributed by atoms with Crippen LogP contribution in [0.25, 0.3) is 11.0 Å². The lowest BCUT2D eigenvalue weighted by Gasteiger charge is -2.26. The summed E-state index contributed by atoms with van der Waals surface area (Å²) < 4.78 is 10.9. The second-order valence-corrected chi connectivity index (χ2v) is 7.81. The van der Waals surface area contributed by atoms with E-state index in [1.54, 1.807) is 23.1 Å². The third-order valence-corrected chi connectivity index (χ3v) is 4.66. The molecule has 0 aliphatic carbocycles. The number of likely N-dealkylation sites (tertiary alicyclic amines) is 1. The first-order valence-electron chi connectivity index (χ1n) is 8.93. The van der Waals surface area contributed by atoms with Crippen LogP contribution < -0.4 is 0 Å². The van der Waals surface area contributed by atoms with Gasteiger partial charge in [-0.2, -0.15) is 0 Å². The number of para-hydroxylation sites is 1. The molecule has 0 bridgehead atoms. The van der Waals surface area contributed by atoms with E-state index < -0.39 is 5.60 Å². The maximum absolute atomic E-state index is 12.7. The Morgan fingerprint density at radius 1 is 1.31 bits per heavy atom. The lowest BCUT2D eigenvalue weighted by atomic mass is 10.1. The van der Waals surface area contributed by atoms with E-state index in [-0.39, 0.29) is 24.5 Å². The molecule has 0 saturated carbocycles. The predicted molar refractivity (Wildman–Crippen MR) is 98.9 cm³/mol. The average molecular weight is 358 g/mol. The average Bonchev–Trinajstić information content (AvgIpc) is 3.20. The lowest BCUT2D eigenvalue weighted by Crippen LogP contribution is -2.41. The largest absolute Gasteiger partial charge is 0.464 e. The molecule has 6 nitrogen and oxygen atoms in total. The van der Waals surface area contributed by atoms with Crippen molar-refractivity contribution in [3.8, 4) is 0 Å². The monoisotopic (exact) mass is 358 g/mol. The highest BCUT2D eigenvalue weighted by Crippen LogP contribution is 2.23. The minimum Gasteiger partial charge on any atom is -0.464 e. The number of carbonyl (C=O) groups excluding carboxylic acids is 2. The first kappa shape index (κ1) is 18.3. The lowest BCUT2D eigenvalue weighted by molar-refractivity contribution is -0.131. The second kappa shape index (κ2) is 7.02. The topological polar surface area (TPSA) is 63.0 Å². The van der Waals surface area contributed by atoms with Crippen molar-refractivity contribution in [2.45, 2.75) is 45.3 Å². The van der Waals surface area contributed by atoms with E-state index in [0.717, 1.165) is 23.0 Å². The first-order valence-corrected chi connectivity index (χ1v) is 8.93. The van der Waals surface area contributed by atoms with Crippen LogP contribution in [0.1, 0.15) is 32.8 Å². The summed E-state index contributed by atoms with van der Waals surface area (Å²) in [6.07, 6.45) is 2.38. The van der Waals surface area contributed by atoms with Gasteiger partial charge in [0.15, 0.2) is 0 Å². The molecule has 0 N–H and O–H groups in total. The molecule has 0 spiro atoms. The number of benzene rings is 1. The fourth-order valence-electron chi connectivity index (χ4n) is 3.21. The van der Waals surface area contributed by atoms with E-state index in [4.69, 9.17) is 9.15 Å². The minimum absolute atomic E-state index is 0.00758. The molecule has 0 radical (unpaired) electrons. The Bertz CT molecular complexity index is 805. The fraction of sp³-hybridized carbons (Fsp3) is 0.500. The van der Waals surface area contributed by atoms with Crippen LogP contribution >= 0.6 is 0 Å². The van der Waals surface area contributed by atoms with Crippen LogP contribution in [0.3, 0.4) is 0 Å². The highest BCUT2D eigenvalue weighted by molar-refractivity contribution is 5.87. The van der Waals surface area contributed by atoms with Crippen molar-refractivity contribution < 1.29 is 18.7 Å². The van der Waals surface area contributed by atoms with Crippen molar-refractivity contribution in [2.75, 3.05) is 20.1 Å². The second-order valence-electron chi connectivity index (χ2n) is 7.81. The number of furan rings is 1. The van der Waals surface area contributed by atoms with Gasteiger partial charge in [0.25, 0.3) is 0 Å². The summed E-state index contributed by atoms with van der Waals surface area (Å²) in [5.74, 6) is 0.0209. The molecular formula is C20H26N2O4. The molecule has 2 aromatic rings. The van der Waals surface area contributed by atoms with Gasteiger partial charge in [0.1, 0.15) is 11.2 Å². The molecule has 2 heterocycles. The van der Waals surface area contributed by atoms with E-state index in [1.165, 1.54) is 0 Å². The van der Waals surface area contributed by atoms with Gasteiger partial charge in [0.05, 0.1) is 18.7 Å². The van der Waals surface area contributed by atoms with Crippen molar-refractivity contribution in [2.24, 2.45) is 0 Å². The van der Waals surface area contributed by atoms with Crippen LogP contribution in [0.2, 0.25) is 0 Å². The van der Waals surface area contributed by atoms with Gasteiger partial charge < -0.3 is 19.0 Å². The quantitative estimate of drug-likeness (QED) is 0.843. The third kappa shape index (κ3) is 4.00. The minimum atomic E-state index is -0.515. The van der Waals surface area contributed by atoms with E-state index in [9.17, 15) is 9.59 Å². The van der Waals surface area contributed by atoms with Gasteiger partial charge in [-0.25, -0.2) is 4.79 Å². The Morgan fingerprint density at radius 2 is 2.04 bits per heavy atom. The van der Waals surface area contributed by atoms with Crippen molar-refractivity contribution in [3.63, 3.8) is 0 Å². The molecule has 1 saturated heterocycles. The SMILES string of the molecule is CN(C(=O)Cc1coc2ccccc12)C1CCN(C(=O)OC(C)(C)C)C1. The standard InChI is InChI=1S/C20H26N2O4/c1-20(2,3)26-19(24)22-10-9-15(12-22)21(4)18(23)11-14-13-25-17-8-6-5-7-16(14)17/h5-8,13,15H,9-12H2,1-4H3. The van der Waals surface area contributed by atoms with E-state index in [1.807, 2.05) is 45.0 Å². The number of carbonyl (C=O) groups is 2. The van der Waals surface area contributed by atoms with Crippen molar-refractivity contribution in [1.29, 1.82) is 0 Å². The molecule has 1 aliphatic rings. The van der Waals surface area contributed by atoms with Gasteiger partial charge in [-0.05, 0) is 33.3 Å². The highest BCUT2D eigenvalue weighted by atomic mass is 16.6. The Kier molecular flexibility index (Phi) is 4.94. The number of hydrogen-bond donors (Lipinski definition) is 0. The van der Waals surface area contributed by atoms with Crippen LogP contribution in [0.4, 0.5) is 4.79 Å². The molecule has 1 unspecified atom stereocenters. The Balaban J connectivity index is 1.60. The molecule has 1 fully saturated rings. The highest BCUT2D eigenvalue weighted by Gasteiger charge is 2.33. The maximum atomic E-state index is 12.7. The normalized spacial score (nSPS) is 17.5. The molecule has 1 aromatic carbocycles. The van der Waals surface area contributed by atoms with Gasteiger partial charge in [-0.15, -0.1) is 0 Å². The summed E-state index contributed by atoms with van der Waals surface area (Å²) >= 11 is 0. The Labute approximate surface area is 153 Å². The van der Waals surface area contributed by atoms with E-state index >= 15 is 0 Å². The van der Waals surface area contributed by atoms with Gasteiger partial charge in [0, 0.05) is 31.1 Å². The number of rotatable bonds is 3. The Hall–Kier alpha value is -2.50. The van der Waals surface area contributed by atoms with Crippen LogP contribution in [0, 0.1) is 0 Å². The summed E-state index contributed by atoms with van der Waals surface area (Å²) in [5, 5.41) is 0.969. The number of fused-ring (bicyclic) bond motifs is 1. The smallest absolute Gasteiger partial charge is 0.410 e. The van der Waals surface area contributed by atoms with Crippen LogP contribution in [0.5, 0.6) is 0 Å². The van der Waals surface area contributed by atoms with Crippen molar-refractivity contribution >= 4 is 23.0 Å². The number of nitrogens with zero attached hydrogens (tertiary/aromatic N) is 2. The van der Waals surface area contributed by atoms with Crippen molar-refractivity contribution in [3.05, 3.63) is 36.1 Å². The third-order valence-electron chi connectivity index (χ3n) is 4.66. The van der Waals surface area contributed by atoms with Crippen LogP contribution in [-0.4, -0.2) is 53.6 Å². The fourth-order valence-corrected chi connectivity index (χ4v) is 3.21. The van der Waals surface area contributed by atoms with Gasteiger partial charge in [-0.1, -0.05) is 18.2 Å². The molecule has 6 heteroatoms. The van der Waals surface area contributed by atoms with Crippen LogP contribution in [0.15, 0.2) is 34.9 Å². The molecule has 1 atom stereocenters. The number of ether oxygens (including phenoxy) is 1. The zero-order valence-electron chi connectivity index (χ0n) is 15.8. The summed E-state index contributed by atoms with van der Waals surface area (Å²) in [7, 11) is 1.80. The maximum Gasteiger partial charge on any atom is 0.410 e. The summed E-state index contributed by atoms with van der Waals surface area (Å²) in [6, 6.07) is 7.70.